The van der Waals surface area contributed by atoms with Crippen LogP contribution in [-0.2, 0) is 9.47 Å². The second-order valence-electron chi connectivity index (χ2n) is 6.07. The summed E-state index contributed by atoms with van der Waals surface area (Å²) in [5, 5.41) is 3.26. The number of hydrogen-bond acceptors (Lipinski definition) is 6. The number of carbonyl (C=O) groups excluding carboxylic acids is 3. The lowest BCUT2D eigenvalue weighted by molar-refractivity contribution is 0.0323. The van der Waals surface area contributed by atoms with Crippen molar-refractivity contribution in [1.82, 2.24) is 5.32 Å². The van der Waals surface area contributed by atoms with Crippen LogP contribution < -0.4 is 5.32 Å². The Morgan fingerprint density at radius 1 is 0.862 bits per heavy atom. The van der Waals surface area contributed by atoms with Gasteiger partial charge in [-0.2, -0.15) is 0 Å². The largest absolute Gasteiger partial charge is 0.460 e. The van der Waals surface area contributed by atoms with Gasteiger partial charge in [0, 0.05) is 22.7 Å². The molecule has 29 heavy (non-hydrogen) atoms. The molecule has 2 aromatic carbocycles. The van der Waals surface area contributed by atoms with E-state index in [2.05, 4.69) is 5.32 Å². The van der Waals surface area contributed by atoms with Crippen molar-refractivity contribution < 1.29 is 23.9 Å². The van der Waals surface area contributed by atoms with Gasteiger partial charge in [-0.3, -0.25) is 9.59 Å². The van der Waals surface area contributed by atoms with Gasteiger partial charge >= 0.3 is 5.97 Å². The van der Waals surface area contributed by atoms with Crippen molar-refractivity contribution in [3.63, 3.8) is 0 Å². The summed E-state index contributed by atoms with van der Waals surface area (Å²) in [6.07, 6.45) is 0. The highest BCUT2D eigenvalue weighted by Crippen LogP contribution is 2.26. The molecule has 0 spiro atoms. The molecule has 0 aliphatic heterocycles. The van der Waals surface area contributed by atoms with Crippen LogP contribution in [0.3, 0.4) is 0 Å². The molecule has 0 heterocycles. The van der Waals surface area contributed by atoms with Gasteiger partial charge in [-0.25, -0.2) is 4.79 Å². The van der Waals surface area contributed by atoms with Crippen LogP contribution >= 0.6 is 23.2 Å². The first-order valence-electron chi connectivity index (χ1n) is 8.81. The number of rotatable bonds is 8. The molecule has 150 valence electrons. The van der Waals surface area contributed by atoms with Crippen molar-refractivity contribution in [3.8, 4) is 0 Å². The minimum absolute atomic E-state index is 0.0631. The van der Waals surface area contributed by atoms with Gasteiger partial charge < -0.3 is 14.8 Å². The summed E-state index contributed by atoms with van der Waals surface area (Å²) in [6.45, 7) is 0.756. The molecule has 2 aromatic rings. The summed E-state index contributed by atoms with van der Waals surface area (Å²) in [7, 11) is 0. The number of halogens is 2. The van der Waals surface area contributed by atoms with E-state index in [9.17, 15) is 14.4 Å². The van der Waals surface area contributed by atoms with Gasteiger partial charge in [-0.15, -0.1) is 0 Å². The van der Waals surface area contributed by atoms with E-state index in [4.69, 9.17) is 32.7 Å². The van der Waals surface area contributed by atoms with Crippen LogP contribution in [-0.4, -0.2) is 43.9 Å². The molecule has 0 atom stereocenters. The first-order chi connectivity index (χ1) is 14.0. The number of esters is 1. The van der Waals surface area contributed by atoms with E-state index in [0.29, 0.717) is 21.7 Å². The maximum atomic E-state index is 12.5. The fourth-order valence-corrected chi connectivity index (χ4v) is 3.10. The predicted molar refractivity (Wildman–Crippen MR) is 109 cm³/mol. The van der Waals surface area contributed by atoms with Gasteiger partial charge in [-0.1, -0.05) is 47.5 Å². The van der Waals surface area contributed by atoms with Crippen LogP contribution in [0, 0.1) is 0 Å². The summed E-state index contributed by atoms with van der Waals surface area (Å²) < 4.78 is 10.5. The van der Waals surface area contributed by atoms with Crippen LogP contribution in [0.25, 0.3) is 0 Å². The second kappa shape index (κ2) is 9.69. The van der Waals surface area contributed by atoms with Crippen molar-refractivity contribution >= 4 is 40.7 Å². The highest BCUT2D eigenvalue weighted by atomic mass is 35.5. The SMILES string of the molecule is O=C(OCCOCCNC1=C(Cl)C(=O)c2ccccc2C1=O)c1ccc(Cl)cc1. The lowest BCUT2D eigenvalue weighted by atomic mass is 9.92. The smallest absolute Gasteiger partial charge is 0.338 e. The van der Waals surface area contributed by atoms with Gasteiger partial charge in [0.1, 0.15) is 17.3 Å². The van der Waals surface area contributed by atoms with Crippen LogP contribution in [0.15, 0.2) is 59.3 Å². The number of ketones is 2. The van der Waals surface area contributed by atoms with Crippen molar-refractivity contribution in [2.75, 3.05) is 26.4 Å². The Labute approximate surface area is 177 Å². The molecule has 0 aromatic heterocycles. The van der Waals surface area contributed by atoms with Crippen LogP contribution in [0.5, 0.6) is 0 Å². The molecule has 1 aliphatic rings. The normalized spacial score (nSPS) is 13.3. The predicted octanol–water partition coefficient (Wildman–Crippen LogP) is 3.63. The number of ether oxygens (including phenoxy) is 2. The van der Waals surface area contributed by atoms with Crippen LogP contribution in [0.4, 0.5) is 0 Å². The molecule has 0 amide bonds. The third kappa shape index (κ3) is 5.03. The summed E-state index contributed by atoms with van der Waals surface area (Å²) in [5.41, 5.74) is 1.08. The van der Waals surface area contributed by atoms with E-state index in [1.54, 1.807) is 48.5 Å². The fourth-order valence-electron chi connectivity index (χ4n) is 2.72. The Balaban J connectivity index is 1.40. The molecule has 3 rings (SSSR count). The van der Waals surface area contributed by atoms with Gasteiger partial charge in [0.25, 0.3) is 0 Å². The number of carbonyl (C=O) groups is 3. The average Bonchev–Trinajstić information content (AvgIpc) is 2.74. The Morgan fingerprint density at radius 3 is 2.21 bits per heavy atom. The number of benzene rings is 2. The monoisotopic (exact) mass is 433 g/mol. The summed E-state index contributed by atoms with van der Waals surface area (Å²) in [6, 6.07) is 12.9. The standard InChI is InChI=1S/C21H17Cl2NO5/c22-14-7-5-13(6-8-14)21(27)29-12-11-28-10-9-24-18-17(23)19(25)15-3-1-2-4-16(15)20(18)26/h1-8,24H,9-12H2. The first-order valence-corrected chi connectivity index (χ1v) is 9.57. The van der Waals surface area contributed by atoms with E-state index >= 15 is 0 Å². The van der Waals surface area contributed by atoms with Gasteiger partial charge in [0.2, 0.25) is 11.6 Å². The maximum absolute atomic E-state index is 12.5. The van der Waals surface area contributed by atoms with E-state index in [0.717, 1.165) is 0 Å². The first kappa shape index (κ1) is 21.0. The number of nitrogens with one attached hydrogen (secondary N) is 1. The highest BCUT2D eigenvalue weighted by molar-refractivity contribution is 6.49. The van der Waals surface area contributed by atoms with Crippen molar-refractivity contribution in [2.45, 2.75) is 0 Å². The molecule has 0 bridgehead atoms. The second-order valence-corrected chi connectivity index (χ2v) is 6.89. The molecule has 0 fully saturated rings. The van der Waals surface area contributed by atoms with Crippen molar-refractivity contribution in [2.24, 2.45) is 0 Å². The summed E-state index contributed by atoms with van der Waals surface area (Å²) in [5.74, 6) is -1.19. The molecular weight excluding hydrogens is 417 g/mol. The lowest BCUT2D eigenvalue weighted by Gasteiger charge is -2.18. The lowest BCUT2D eigenvalue weighted by Crippen LogP contribution is -2.31. The van der Waals surface area contributed by atoms with E-state index in [1.807, 2.05) is 0 Å². The summed E-state index contributed by atoms with van der Waals surface area (Å²) >= 11 is 11.8. The van der Waals surface area contributed by atoms with E-state index in [1.165, 1.54) is 0 Å². The van der Waals surface area contributed by atoms with E-state index in [-0.39, 0.29) is 48.7 Å². The molecule has 1 aliphatic carbocycles. The molecule has 0 radical (unpaired) electrons. The van der Waals surface area contributed by atoms with E-state index < -0.39 is 5.97 Å². The Morgan fingerprint density at radius 2 is 1.52 bits per heavy atom. The number of hydrogen-bond donors (Lipinski definition) is 1. The van der Waals surface area contributed by atoms with Gasteiger partial charge in [0.15, 0.2) is 0 Å². The zero-order valence-electron chi connectivity index (χ0n) is 15.2. The van der Waals surface area contributed by atoms with Crippen LogP contribution in [0.2, 0.25) is 5.02 Å². The molecule has 0 saturated carbocycles. The zero-order valence-corrected chi connectivity index (χ0v) is 16.8. The Bertz CT molecular complexity index is 969. The average molecular weight is 434 g/mol. The minimum Gasteiger partial charge on any atom is -0.460 e. The summed E-state index contributed by atoms with van der Waals surface area (Å²) in [4.78, 5) is 36.6. The minimum atomic E-state index is -0.467. The van der Waals surface area contributed by atoms with Crippen molar-refractivity contribution in [1.29, 1.82) is 0 Å². The molecular formula is C21H17Cl2NO5. The molecule has 8 heteroatoms. The molecule has 0 unspecified atom stereocenters. The molecule has 0 saturated heterocycles. The number of fused-ring (bicyclic) bond motifs is 1. The molecule has 1 N–H and O–H groups in total. The Hall–Kier alpha value is -2.67. The van der Waals surface area contributed by atoms with Crippen molar-refractivity contribution in [3.05, 3.63) is 81.0 Å². The number of allylic oxidation sites excluding steroid dienone is 2. The quantitative estimate of drug-likeness (QED) is 0.505. The third-order valence-corrected chi connectivity index (χ3v) is 4.76. The van der Waals surface area contributed by atoms with Crippen LogP contribution in [0.1, 0.15) is 31.1 Å². The third-order valence-electron chi connectivity index (χ3n) is 4.15. The topological polar surface area (TPSA) is 81.7 Å². The fraction of sp³-hybridized carbons (Fsp3) is 0.190. The Kier molecular flexibility index (Phi) is 7.04. The van der Waals surface area contributed by atoms with Gasteiger partial charge in [0.05, 0.1) is 18.8 Å². The zero-order chi connectivity index (χ0) is 20.8. The van der Waals surface area contributed by atoms with Gasteiger partial charge in [-0.05, 0) is 24.3 Å². The highest BCUT2D eigenvalue weighted by Gasteiger charge is 2.30. The molecule has 6 nitrogen and oxygen atoms in total. The maximum Gasteiger partial charge on any atom is 0.338 e. The number of Topliss-reactive ketones (excluding diaryl/α,β-unsaturated/α-hetero) is 2.